The second-order valence-corrected chi connectivity index (χ2v) is 7.68. The molecule has 33 heavy (non-hydrogen) atoms. The van der Waals surface area contributed by atoms with E-state index in [4.69, 9.17) is 4.52 Å². The lowest BCUT2D eigenvalue weighted by Gasteiger charge is -2.08. The van der Waals surface area contributed by atoms with E-state index in [-0.39, 0.29) is 12.2 Å². The summed E-state index contributed by atoms with van der Waals surface area (Å²) in [7, 11) is 0. The van der Waals surface area contributed by atoms with Crippen molar-refractivity contribution in [1.82, 2.24) is 30.0 Å². The topological polar surface area (TPSA) is 98.7 Å². The van der Waals surface area contributed by atoms with Gasteiger partial charge in [0.25, 0.3) is 11.8 Å². The fourth-order valence-electron chi connectivity index (χ4n) is 3.17. The highest BCUT2D eigenvalue weighted by molar-refractivity contribution is 5.92. The third kappa shape index (κ3) is 4.61. The third-order valence-corrected chi connectivity index (χ3v) is 5.19. The molecule has 0 unspecified atom stereocenters. The zero-order chi connectivity index (χ0) is 23.0. The number of imidazole rings is 1. The minimum atomic E-state index is -4.40. The Labute approximate surface area is 185 Å². The van der Waals surface area contributed by atoms with Gasteiger partial charge in [-0.2, -0.15) is 18.2 Å². The van der Waals surface area contributed by atoms with Crippen molar-refractivity contribution in [2.45, 2.75) is 31.5 Å². The molecule has 1 fully saturated rings. The fourth-order valence-corrected chi connectivity index (χ4v) is 3.17. The van der Waals surface area contributed by atoms with Crippen molar-refractivity contribution in [3.8, 4) is 17.3 Å². The van der Waals surface area contributed by atoms with Crippen LogP contribution in [0.3, 0.4) is 0 Å². The van der Waals surface area contributed by atoms with E-state index in [2.05, 4.69) is 25.4 Å². The zero-order valence-corrected chi connectivity index (χ0v) is 17.1. The van der Waals surface area contributed by atoms with Crippen molar-refractivity contribution in [3.63, 3.8) is 0 Å². The Morgan fingerprint density at radius 1 is 1.12 bits per heavy atom. The molecule has 3 heterocycles. The molecule has 0 atom stereocenters. The van der Waals surface area contributed by atoms with E-state index in [1.54, 1.807) is 22.9 Å². The van der Waals surface area contributed by atoms with Crippen LogP contribution in [0.5, 0.6) is 0 Å². The van der Waals surface area contributed by atoms with Crippen molar-refractivity contribution in [2.24, 2.45) is 0 Å². The summed E-state index contributed by atoms with van der Waals surface area (Å²) in [4.78, 5) is 25.2. The molecule has 5 rings (SSSR count). The Balaban J connectivity index is 1.21. The monoisotopic (exact) mass is 454 g/mol. The van der Waals surface area contributed by atoms with Crippen LogP contribution in [0.1, 0.15) is 46.2 Å². The molecule has 11 heteroatoms. The maximum Gasteiger partial charge on any atom is 0.416 e. The van der Waals surface area contributed by atoms with Crippen LogP contribution < -0.4 is 5.32 Å². The molecule has 3 aromatic heterocycles. The Hall–Kier alpha value is -4.02. The highest BCUT2D eigenvalue weighted by atomic mass is 19.4. The van der Waals surface area contributed by atoms with Gasteiger partial charge < -0.3 is 9.84 Å². The smallest absolute Gasteiger partial charge is 0.347 e. The van der Waals surface area contributed by atoms with Crippen molar-refractivity contribution >= 4 is 5.91 Å². The van der Waals surface area contributed by atoms with E-state index in [0.29, 0.717) is 28.8 Å². The van der Waals surface area contributed by atoms with E-state index in [1.165, 1.54) is 24.7 Å². The van der Waals surface area contributed by atoms with Gasteiger partial charge in [-0.3, -0.25) is 9.36 Å². The molecular formula is C22H17F3N6O2. The van der Waals surface area contributed by atoms with Crippen LogP contribution in [0.15, 0.2) is 59.6 Å². The molecule has 0 radical (unpaired) electrons. The van der Waals surface area contributed by atoms with Crippen molar-refractivity contribution in [3.05, 3.63) is 77.8 Å². The minimum Gasteiger partial charge on any atom is -0.347 e. The lowest BCUT2D eigenvalue weighted by molar-refractivity contribution is -0.137. The number of halogens is 3. The van der Waals surface area contributed by atoms with Gasteiger partial charge in [0.05, 0.1) is 11.1 Å². The van der Waals surface area contributed by atoms with E-state index < -0.39 is 17.6 Å². The Morgan fingerprint density at radius 3 is 2.58 bits per heavy atom. The van der Waals surface area contributed by atoms with E-state index in [1.807, 2.05) is 0 Å². The summed E-state index contributed by atoms with van der Waals surface area (Å²) in [6.07, 6.45) is 2.33. The van der Waals surface area contributed by atoms with Gasteiger partial charge in [0, 0.05) is 24.9 Å². The molecule has 1 N–H and O–H groups in total. The molecule has 1 aliphatic carbocycles. The molecule has 1 amide bonds. The molecule has 8 nitrogen and oxygen atoms in total. The molecule has 4 aromatic rings. The van der Waals surface area contributed by atoms with Crippen LogP contribution in [0.25, 0.3) is 17.3 Å². The standard InChI is InChI=1S/C22H17F3N6O2/c23-22(24,25)16-6-1-13(2-7-16)9-27-20(32)17-11-31(12-28-17)18-8-5-15(10-26-18)21-29-19(30-33-21)14-3-4-14/h1-2,5-8,10-12,14H,3-4,9H2,(H,27,32). The largest absolute Gasteiger partial charge is 0.416 e. The van der Waals surface area contributed by atoms with Gasteiger partial charge in [0.1, 0.15) is 17.8 Å². The minimum absolute atomic E-state index is 0.0732. The van der Waals surface area contributed by atoms with E-state index in [9.17, 15) is 18.0 Å². The Kier molecular flexibility index (Phi) is 5.15. The molecule has 1 aromatic carbocycles. The summed E-state index contributed by atoms with van der Waals surface area (Å²) in [5.74, 6) is 1.60. The number of hydrogen-bond acceptors (Lipinski definition) is 6. The SMILES string of the molecule is O=C(NCc1ccc(C(F)(F)F)cc1)c1cn(-c2ccc(-c3nc(C4CC4)no3)cn2)cn1. The second kappa shape index (κ2) is 8.15. The Morgan fingerprint density at radius 2 is 1.91 bits per heavy atom. The zero-order valence-electron chi connectivity index (χ0n) is 17.1. The van der Waals surface area contributed by atoms with Crippen LogP contribution in [-0.2, 0) is 12.7 Å². The molecule has 168 valence electrons. The van der Waals surface area contributed by atoms with Gasteiger partial charge in [-0.1, -0.05) is 17.3 Å². The van der Waals surface area contributed by atoms with E-state index in [0.717, 1.165) is 30.8 Å². The lowest BCUT2D eigenvalue weighted by Crippen LogP contribution is -2.23. The van der Waals surface area contributed by atoms with Crippen molar-refractivity contribution in [2.75, 3.05) is 0 Å². The summed E-state index contributed by atoms with van der Waals surface area (Å²) in [6, 6.07) is 8.13. The summed E-state index contributed by atoms with van der Waals surface area (Å²) >= 11 is 0. The molecule has 1 saturated carbocycles. The maximum atomic E-state index is 12.6. The average molecular weight is 454 g/mol. The summed E-state index contributed by atoms with van der Waals surface area (Å²) in [6.45, 7) is 0.0732. The number of carbonyl (C=O) groups is 1. The first kappa shape index (κ1) is 20.9. The molecule has 0 spiro atoms. The van der Waals surface area contributed by atoms with Gasteiger partial charge in [-0.25, -0.2) is 9.97 Å². The van der Waals surface area contributed by atoms with Gasteiger partial charge in [-0.15, -0.1) is 0 Å². The van der Waals surface area contributed by atoms with Crippen LogP contribution in [0, 0.1) is 0 Å². The lowest BCUT2D eigenvalue weighted by atomic mass is 10.1. The predicted octanol–water partition coefficient (Wildman–Crippen LogP) is 4.14. The maximum absolute atomic E-state index is 12.6. The van der Waals surface area contributed by atoms with Crippen LogP contribution in [-0.4, -0.2) is 30.6 Å². The van der Waals surface area contributed by atoms with Gasteiger partial charge in [0.2, 0.25) is 0 Å². The number of hydrogen-bond donors (Lipinski definition) is 1. The molecule has 0 saturated heterocycles. The number of nitrogens with one attached hydrogen (secondary N) is 1. The highest BCUT2D eigenvalue weighted by Gasteiger charge is 2.30. The van der Waals surface area contributed by atoms with Crippen molar-refractivity contribution in [1.29, 1.82) is 0 Å². The number of amides is 1. The number of pyridine rings is 1. The van der Waals surface area contributed by atoms with Crippen molar-refractivity contribution < 1.29 is 22.5 Å². The number of nitrogens with zero attached hydrogens (tertiary/aromatic N) is 5. The van der Waals surface area contributed by atoms with E-state index >= 15 is 0 Å². The van der Waals surface area contributed by atoms with Gasteiger partial charge in [0.15, 0.2) is 5.82 Å². The first-order chi connectivity index (χ1) is 15.9. The summed E-state index contributed by atoms with van der Waals surface area (Å²) < 4.78 is 44.8. The number of aromatic nitrogens is 5. The van der Waals surface area contributed by atoms with Crippen LogP contribution >= 0.6 is 0 Å². The number of benzene rings is 1. The molecule has 0 aliphatic heterocycles. The first-order valence-electron chi connectivity index (χ1n) is 10.2. The summed E-state index contributed by atoms with van der Waals surface area (Å²) in [5.41, 5.74) is 0.641. The van der Waals surface area contributed by atoms with Crippen LogP contribution in [0.4, 0.5) is 13.2 Å². The number of carbonyl (C=O) groups excluding carboxylic acids is 1. The average Bonchev–Trinajstić information content (AvgIpc) is 3.33. The van der Waals surface area contributed by atoms with Gasteiger partial charge in [-0.05, 0) is 42.7 Å². The number of rotatable bonds is 6. The third-order valence-electron chi connectivity index (χ3n) is 5.19. The van der Waals surface area contributed by atoms with Gasteiger partial charge >= 0.3 is 6.18 Å². The van der Waals surface area contributed by atoms with Crippen LogP contribution in [0.2, 0.25) is 0 Å². The second-order valence-electron chi connectivity index (χ2n) is 7.68. The molecular weight excluding hydrogens is 437 g/mol. The Bertz CT molecular complexity index is 1270. The quantitative estimate of drug-likeness (QED) is 0.470. The summed E-state index contributed by atoms with van der Waals surface area (Å²) in [5, 5.41) is 6.63. The number of alkyl halides is 3. The fraction of sp³-hybridized carbons (Fsp3) is 0.227. The first-order valence-corrected chi connectivity index (χ1v) is 10.2. The highest BCUT2D eigenvalue weighted by Crippen LogP contribution is 2.38. The normalized spacial score (nSPS) is 13.8. The molecule has 1 aliphatic rings. The molecule has 0 bridgehead atoms. The predicted molar refractivity (Wildman–Crippen MR) is 109 cm³/mol.